The molecular weight excluding hydrogens is 412 g/mol. The Morgan fingerprint density at radius 3 is 1.90 bits per heavy atom. The van der Waals surface area contributed by atoms with Gasteiger partial charge in [0.15, 0.2) is 5.11 Å². The van der Waals surface area contributed by atoms with E-state index in [9.17, 15) is 0 Å². The molecule has 0 aliphatic rings. The molecule has 0 saturated carbocycles. The van der Waals surface area contributed by atoms with Crippen LogP contribution in [0.25, 0.3) is 12.2 Å². The molecule has 0 aromatic heterocycles. The first kappa shape index (κ1) is 23.1. The molecule has 0 fully saturated rings. The van der Waals surface area contributed by atoms with Crippen molar-refractivity contribution in [2.24, 2.45) is 15.2 Å². The third kappa shape index (κ3) is 8.42. The van der Waals surface area contributed by atoms with Crippen molar-refractivity contribution in [1.29, 1.82) is 0 Å². The zero-order valence-electron chi connectivity index (χ0n) is 17.1. The first-order valence-electron chi connectivity index (χ1n) is 9.22. The Labute approximate surface area is 187 Å². The number of hydrogen-bond acceptors (Lipinski definition) is 4. The van der Waals surface area contributed by atoms with E-state index >= 15 is 0 Å². The van der Waals surface area contributed by atoms with E-state index in [0.29, 0.717) is 16.5 Å². The van der Waals surface area contributed by atoms with E-state index < -0.39 is 0 Å². The van der Waals surface area contributed by atoms with Gasteiger partial charge in [-0.1, -0.05) is 66.7 Å². The summed E-state index contributed by atoms with van der Waals surface area (Å²) in [4.78, 5) is 4.22. The predicted molar refractivity (Wildman–Crippen MR) is 136 cm³/mol. The minimum atomic E-state index is 0.258. The van der Waals surface area contributed by atoms with Gasteiger partial charge in [0.05, 0.1) is 11.4 Å². The van der Waals surface area contributed by atoms with E-state index in [-0.39, 0.29) is 5.11 Å². The van der Waals surface area contributed by atoms with E-state index in [1.54, 1.807) is 13.3 Å². The van der Waals surface area contributed by atoms with Gasteiger partial charge in [0.1, 0.15) is 0 Å². The van der Waals surface area contributed by atoms with E-state index in [4.69, 9.17) is 24.4 Å². The maximum absolute atomic E-state index is 5.19. The number of rotatable bonds is 6. The van der Waals surface area contributed by atoms with Gasteiger partial charge in [-0.2, -0.15) is 10.2 Å². The SMILES string of the molecule is CNC(=S)N/N=C(C)/C(C)=N/NC(=S)/N=C/c1ccc(/C=C/c2ccccc2)cc1. The summed E-state index contributed by atoms with van der Waals surface area (Å²) < 4.78 is 0. The summed E-state index contributed by atoms with van der Waals surface area (Å²) in [6.45, 7) is 3.62. The van der Waals surface area contributed by atoms with Gasteiger partial charge in [-0.25, -0.2) is 4.99 Å². The second-order valence-electron chi connectivity index (χ2n) is 6.17. The van der Waals surface area contributed by atoms with Crippen LogP contribution in [0.4, 0.5) is 0 Å². The average molecular weight is 437 g/mol. The molecule has 0 aliphatic carbocycles. The molecule has 30 heavy (non-hydrogen) atoms. The Morgan fingerprint density at radius 2 is 1.30 bits per heavy atom. The summed E-state index contributed by atoms with van der Waals surface area (Å²) in [5, 5.41) is 11.7. The Kier molecular flexibility index (Phi) is 9.50. The van der Waals surface area contributed by atoms with Gasteiger partial charge in [-0.05, 0) is 55.0 Å². The maximum Gasteiger partial charge on any atom is 0.213 e. The first-order chi connectivity index (χ1) is 14.5. The van der Waals surface area contributed by atoms with E-state index in [2.05, 4.69) is 55.6 Å². The normalized spacial score (nSPS) is 12.2. The number of hydrazone groups is 2. The molecular formula is C22H24N6S2. The molecule has 0 aliphatic heterocycles. The van der Waals surface area contributed by atoms with Crippen LogP contribution < -0.4 is 16.2 Å². The minimum Gasteiger partial charge on any atom is -0.364 e. The fourth-order valence-electron chi connectivity index (χ4n) is 2.10. The molecule has 2 aromatic rings. The van der Waals surface area contributed by atoms with Crippen molar-refractivity contribution in [2.45, 2.75) is 13.8 Å². The molecule has 0 atom stereocenters. The molecule has 3 N–H and O–H groups in total. The standard InChI is InChI=1S/C22H24N6S2/c1-16(25-27-21(29)23-3)17(2)26-28-22(30)24-15-20-13-11-19(12-14-20)10-9-18-7-5-4-6-8-18/h4-15H,1-3H3,(H,28,30)(H2,23,27,29)/b10-9+,24-15+,25-16+,26-17+. The predicted octanol–water partition coefficient (Wildman–Crippen LogP) is 4.00. The smallest absolute Gasteiger partial charge is 0.213 e. The number of benzene rings is 2. The number of hydrogen-bond donors (Lipinski definition) is 3. The molecule has 2 rings (SSSR count). The van der Waals surface area contributed by atoms with Gasteiger partial charge in [0.25, 0.3) is 0 Å². The van der Waals surface area contributed by atoms with Gasteiger partial charge < -0.3 is 5.32 Å². The molecule has 8 heteroatoms. The zero-order chi connectivity index (χ0) is 21.8. The van der Waals surface area contributed by atoms with Crippen LogP contribution in [-0.2, 0) is 0 Å². The van der Waals surface area contributed by atoms with Crippen molar-refractivity contribution in [3.63, 3.8) is 0 Å². The van der Waals surface area contributed by atoms with Crippen molar-refractivity contribution in [1.82, 2.24) is 16.2 Å². The second-order valence-corrected chi connectivity index (χ2v) is 6.97. The maximum atomic E-state index is 5.19. The number of nitrogens with zero attached hydrogens (tertiary/aromatic N) is 3. The number of nitrogens with one attached hydrogen (secondary N) is 3. The van der Waals surface area contributed by atoms with Crippen LogP contribution in [0.5, 0.6) is 0 Å². The molecule has 154 valence electrons. The summed E-state index contributed by atoms with van der Waals surface area (Å²) in [6.07, 6.45) is 5.84. The topological polar surface area (TPSA) is 73.2 Å². The summed E-state index contributed by atoms with van der Waals surface area (Å²) in [6, 6.07) is 18.2. The highest BCUT2D eigenvalue weighted by Crippen LogP contribution is 2.09. The Balaban J connectivity index is 1.88. The van der Waals surface area contributed by atoms with Crippen LogP contribution >= 0.6 is 24.4 Å². The Hall–Kier alpha value is -3.23. The average Bonchev–Trinajstić information content (AvgIpc) is 2.79. The van der Waals surface area contributed by atoms with Gasteiger partial charge in [0.2, 0.25) is 5.11 Å². The quantitative estimate of drug-likeness (QED) is 0.276. The largest absolute Gasteiger partial charge is 0.364 e. The van der Waals surface area contributed by atoms with E-state index in [1.807, 2.05) is 56.3 Å². The molecule has 0 radical (unpaired) electrons. The lowest BCUT2D eigenvalue weighted by molar-refractivity contribution is 0.974. The third-order valence-electron chi connectivity index (χ3n) is 3.93. The van der Waals surface area contributed by atoms with Crippen LogP contribution in [0.2, 0.25) is 0 Å². The highest BCUT2D eigenvalue weighted by atomic mass is 32.1. The summed E-state index contributed by atoms with van der Waals surface area (Å²) in [7, 11) is 1.72. The monoisotopic (exact) mass is 436 g/mol. The molecule has 0 saturated heterocycles. The Bertz CT molecular complexity index is 976. The first-order valence-corrected chi connectivity index (χ1v) is 10.0. The van der Waals surface area contributed by atoms with Crippen molar-refractivity contribution < 1.29 is 0 Å². The molecule has 2 aromatic carbocycles. The van der Waals surface area contributed by atoms with Crippen LogP contribution in [0.3, 0.4) is 0 Å². The fraction of sp³-hybridized carbons (Fsp3) is 0.136. The van der Waals surface area contributed by atoms with Crippen molar-refractivity contribution in [3.8, 4) is 0 Å². The van der Waals surface area contributed by atoms with Crippen LogP contribution in [0, 0.1) is 0 Å². The highest BCUT2D eigenvalue weighted by Gasteiger charge is 1.99. The van der Waals surface area contributed by atoms with Crippen LogP contribution in [0.15, 0.2) is 69.8 Å². The molecule has 6 nitrogen and oxygen atoms in total. The summed E-state index contributed by atoms with van der Waals surface area (Å²) in [5.74, 6) is 0. The molecule has 0 heterocycles. The van der Waals surface area contributed by atoms with Crippen molar-refractivity contribution in [2.75, 3.05) is 7.05 Å². The van der Waals surface area contributed by atoms with E-state index in [0.717, 1.165) is 16.7 Å². The van der Waals surface area contributed by atoms with Crippen molar-refractivity contribution in [3.05, 3.63) is 71.3 Å². The summed E-state index contributed by atoms with van der Waals surface area (Å²) >= 11 is 10.2. The third-order valence-corrected chi connectivity index (χ3v) is 4.42. The molecule has 0 amide bonds. The fourth-order valence-corrected chi connectivity index (χ4v) is 2.24. The number of thiocarbonyl (C=S) groups is 2. The van der Waals surface area contributed by atoms with Crippen LogP contribution in [0.1, 0.15) is 30.5 Å². The van der Waals surface area contributed by atoms with Gasteiger partial charge in [-0.3, -0.25) is 10.9 Å². The lowest BCUT2D eigenvalue weighted by atomic mass is 10.1. The van der Waals surface area contributed by atoms with Crippen molar-refractivity contribution >= 4 is 64.5 Å². The molecule has 0 spiro atoms. The van der Waals surface area contributed by atoms with Crippen LogP contribution in [-0.4, -0.2) is 34.9 Å². The van der Waals surface area contributed by atoms with Gasteiger partial charge in [-0.15, -0.1) is 0 Å². The van der Waals surface area contributed by atoms with Gasteiger partial charge in [0, 0.05) is 13.3 Å². The molecule has 0 unspecified atom stereocenters. The van der Waals surface area contributed by atoms with Gasteiger partial charge >= 0.3 is 0 Å². The zero-order valence-corrected chi connectivity index (χ0v) is 18.7. The highest BCUT2D eigenvalue weighted by molar-refractivity contribution is 7.80. The number of aliphatic imine (C=N–C) groups is 1. The molecule has 0 bridgehead atoms. The van der Waals surface area contributed by atoms with E-state index in [1.165, 1.54) is 0 Å². The minimum absolute atomic E-state index is 0.258. The summed E-state index contributed by atoms with van der Waals surface area (Å²) in [5.41, 5.74) is 9.99. The second kappa shape index (κ2) is 12.4. The lowest BCUT2D eigenvalue weighted by Crippen LogP contribution is -2.30. The Morgan fingerprint density at radius 1 is 0.767 bits per heavy atom. The lowest BCUT2D eigenvalue weighted by Gasteiger charge is -2.04.